The summed E-state index contributed by atoms with van der Waals surface area (Å²) in [5.74, 6) is -0.383. The third-order valence-electron chi connectivity index (χ3n) is 2.18. The lowest BCUT2D eigenvalue weighted by Gasteiger charge is -2.08. The fraction of sp³-hybridized carbons (Fsp3) is 0.0909. The molecule has 5 heteroatoms. The molecule has 82 valence electrons. The van der Waals surface area contributed by atoms with Crippen LogP contribution in [0.5, 0.6) is 0 Å². The molecule has 0 aliphatic carbocycles. The Morgan fingerprint density at radius 2 is 2.31 bits per heavy atom. The third kappa shape index (κ3) is 2.08. The van der Waals surface area contributed by atoms with Crippen molar-refractivity contribution in [3.63, 3.8) is 0 Å². The summed E-state index contributed by atoms with van der Waals surface area (Å²) in [5, 5.41) is 2.60. The Morgan fingerprint density at radius 1 is 1.50 bits per heavy atom. The molecule has 1 aromatic heterocycles. The standard InChI is InChI=1S/C11H10FN3O/c1-8-2-3-9(12)6-10(8)14-11(16)15-5-4-13-7-15/h2-7H,1H3,(H,14,16). The molecule has 0 radical (unpaired) electrons. The number of aryl methyl sites for hydroxylation is 1. The molecule has 2 aromatic rings. The molecule has 0 spiro atoms. The number of aromatic nitrogens is 2. The lowest BCUT2D eigenvalue weighted by molar-refractivity contribution is 0.253. The van der Waals surface area contributed by atoms with Crippen LogP contribution in [-0.2, 0) is 0 Å². The minimum Gasteiger partial charge on any atom is -0.307 e. The normalized spacial score (nSPS) is 10.1. The van der Waals surface area contributed by atoms with Gasteiger partial charge in [-0.2, -0.15) is 0 Å². The average Bonchev–Trinajstić information content (AvgIpc) is 2.76. The van der Waals surface area contributed by atoms with Gasteiger partial charge in [0.1, 0.15) is 12.1 Å². The lowest BCUT2D eigenvalue weighted by Crippen LogP contribution is -2.18. The Labute approximate surface area is 91.7 Å². The van der Waals surface area contributed by atoms with Crippen LogP contribution in [-0.4, -0.2) is 15.6 Å². The van der Waals surface area contributed by atoms with Crippen LogP contribution in [0.1, 0.15) is 5.56 Å². The van der Waals surface area contributed by atoms with Gasteiger partial charge in [-0.15, -0.1) is 0 Å². The van der Waals surface area contributed by atoms with Crippen LogP contribution in [0, 0.1) is 12.7 Å². The number of anilines is 1. The van der Waals surface area contributed by atoms with E-state index in [1.54, 1.807) is 13.0 Å². The zero-order valence-electron chi connectivity index (χ0n) is 8.64. The van der Waals surface area contributed by atoms with Crippen molar-refractivity contribution in [2.45, 2.75) is 6.92 Å². The molecule has 1 N–H and O–H groups in total. The van der Waals surface area contributed by atoms with Crippen LogP contribution in [0.25, 0.3) is 0 Å². The third-order valence-corrected chi connectivity index (χ3v) is 2.18. The van der Waals surface area contributed by atoms with Crippen LogP contribution in [0.2, 0.25) is 0 Å². The number of hydrogen-bond acceptors (Lipinski definition) is 2. The number of nitrogens with zero attached hydrogens (tertiary/aromatic N) is 2. The summed E-state index contributed by atoms with van der Waals surface area (Å²) in [7, 11) is 0. The molecule has 1 aromatic carbocycles. The van der Waals surface area contributed by atoms with Gasteiger partial charge in [0.2, 0.25) is 0 Å². The Bertz CT molecular complexity index is 508. The molecule has 1 heterocycles. The van der Waals surface area contributed by atoms with Crippen molar-refractivity contribution in [1.29, 1.82) is 0 Å². The molecule has 0 aliphatic heterocycles. The molecule has 0 atom stereocenters. The zero-order valence-corrected chi connectivity index (χ0v) is 8.64. The van der Waals surface area contributed by atoms with E-state index in [2.05, 4.69) is 10.3 Å². The maximum atomic E-state index is 13.0. The summed E-state index contributed by atoms with van der Waals surface area (Å²) in [4.78, 5) is 15.4. The van der Waals surface area contributed by atoms with Gasteiger partial charge in [-0.25, -0.2) is 14.2 Å². The molecular weight excluding hydrogens is 209 g/mol. The molecule has 4 nitrogen and oxygen atoms in total. The quantitative estimate of drug-likeness (QED) is 0.800. The Hall–Kier alpha value is -2.17. The van der Waals surface area contributed by atoms with Crippen molar-refractivity contribution >= 4 is 11.7 Å². The number of benzene rings is 1. The van der Waals surface area contributed by atoms with E-state index in [4.69, 9.17) is 0 Å². The van der Waals surface area contributed by atoms with Crippen molar-refractivity contribution in [2.24, 2.45) is 0 Å². The second-order valence-corrected chi connectivity index (χ2v) is 3.36. The monoisotopic (exact) mass is 219 g/mol. The summed E-state index contributed by atoms with van der Waals surface area (Å²) < 4.78 is 14.3. The van der Waals surface area contributed by atoms with Crippen LogP contribution in [0.3, 0.4) is 0 Å². The lowest BCUT2D eigenvalue weighted by atomic mass is 10.2. The predicted molar refractivity (Wildman–Crippen MR) is 57.8 cm³/mol. The molecule has 0 bridgehead atoms. The number of nitrogens with one attached hydrogen (secondary N) is 1. The topological polar surface area (TPSA) is 46.9 Å². The van der Waals surface area contributed by atoms with Gasteiger partial charge in [-0.05, 0) is 24.6 Å². The molecule has 16 heavy (non-hydrogen) atoms. The highest BCUT2D eigenvalue weighted by Gasteiger charge is 2.06. The highest BCUT2D eigenvalue weighted by atomic mass is 19.1. The first-order valence-corrected chi connectivity index (χ1v) is 4.72. The Kier molecular flexibility index (Phi) is 2.68. The number of carbonyl (C=O) groups excluding carboxylic acids is 1. The summed E-state index contributed by atoms with van der Waals surface area (Å²) >= 11 is 0. The van der Waals surface area contributed by atoms with Gasteiger partial charge in [-0.3, -0.25) is 4.57 Å². The molecule has 2 rings (SSSR count). The first-order chi connectivity index (χ1) is 7.66. The van der Waals surface area contributed by atoms with Crippen LogP contribution in [0.15, 0.2) is 36.9 Å². The fourth-order valence-corrected chi connectivity index (χ4v) is 1.29. The number of halogens is 1. The highest BCUT2D eigenvalue weighted by molar-refractivity contribution is 5.91. The summed E-state index contributed by atoms with van der Waals surface area (Å²) in [6, 6.07) is 3.87. The molecule has 0 saturated carbocycles. The van der Waals surface area contributed by atoms with Gasteiger partial charge in [0, 0.05) is 18.1 Å². The smallest absolute Gasteiger partial charge is 0.307 e. The second-order valence-electron chi connectivity index (χ2n) is 3.36. The minimum absolute atomic E-state index is 0.369. The van der Waals surface area contributed by atoms with Crippen molar-refractivity contribution < 1.29 is 9.18 Å². The van der Waals surface area contributed by atoms with E-state index in [1.807, 2.05) is 0 Å². The van der Waals surface area contributed by atoms with E-state index < -0.39 is 0 Å². The van der Waals surface area contributed by atoms with Crippen LogP contribution in [0.4, 0.5) is 14.9 Å². The van der Waals surface area contributed by atoms with E-state index >= 15 is 0 Å². The van der Waals surface area contributed by atoms with Crippen LogP contribution >= 0.6 is 0 Å². The summed E-state index contributed by atoms with van der Waals surface area (Å²) in [6.45, 7) is 1.79. The molecule has 0 unspecified atom stereocenters. The molecule has 0 fully saturated rings. The van der Waals surface area contributed by atoms with Gasteiger partial charge in [0.15, 0.2) is 0 Å². The SMILES string of the molecule is Cc1ccc(F)cc1NC(=O)n1ccnc1. The largest absolute Gasteiger partial charge is 0.331 e. The van der Waals surface area contributed by atoms with E-state index in [9.17, 15) is 9.18 Å². The number of hydrogen-bond donors (Lipinski definition) is 1. The van der Waals surface area contributed by atoms with Gasteiger partial charge in [0.05, 0.1) is 0 Å². The Morgan fingerprint density at radius 3 is 3.00 bits per heavy atom. The summed E-state index contributed by atoms with van der Waals surface area (Å²) in [6.07, 6.45) is 4.39. The van der Waals surface area contributed by atoms with E-state index in [0.717, 1.165) is 5.56 Å². The molecule has 0 saturated heterocycles. The zero-order chi connectivity index (χ0) is 11.5. The number of rotatable bonds is 1. The predicted octanol–water partition coefficient (Wildman–Crippen LogP) is 2.41. The van der Waals surface area contributed by atoms with Gasteiger partial charge < -0.3 is 5.32 Å². The van der Waals surface area contributed by atoms with E-state index in [0.29, 0.717) is 5.69 Å². The second kappa shape index (κ2) is 4.14. The maximum absolute atomic E-state index is 13.0. The fourth-order valence-electron chi connectivity index (χ4n) is 1.29. The average molecular weight is 219 g/mol. The van der Waals surface area contributed by atoms with E-state index in [-0.39, 0.29) is 11.8 Å². The van der Waals surface area contributed by atoms with Crippen molar-refractivity contribution in [3.05, 3.63) is 48.3 Å². The van der Waals surface area contributed by atoms with Crippen LogP contribution < -0.4 is 5.32 Å². The number of carbonyl (C=O) groups is 1. The molecule has 1 amide bonds. The van der Waals surface area contributed by atoms with Gasteiger partial charge in [-0.1, -0.05) is 6.07 Å². The molecular formula is C11H10FN3O. The Balaban J connectivity index is 2.21. The van der Waals surface area contributed by atoms with Gasteiger partial charge >= 0.3 is 6.03 Å². The van der Waals surface area contributed by atoms with E-state index in [1.165, 1.54) is 35.4 Å². The number of amides is 1. The van der Waals surface area contributed by atoms with Gasteiger partial charge in [0.25, 0.3) is 0 Å². The first-order valence-electron chi connectivity index (χ1n) is 4.72. The number of imidazole rings is 1. The van der Waals surface area contributed by atoms with Crippen molar-refractivity contribution in [3.8, 4) is 0 Å². The highest BCUT2D eigenvalue weighted by Crippen LogP contribution is 2.16. The minimum atomic E-state index is -0.383. The molecule has 0 aliphatic rings. The first kappa shape index (κ1) is 10.4. The maximum Gasteiger partial charge on any atom is 0.331 e. The summed E-state index contributed by atoms with van der Waals surface area (Å²) in [5.41, 5.74) is 1.26. The van der Waals surface area contributed by atoms with Crippen molar-refractivity contribution in [1.82, 2.24) is 9.55 Å². The van der Waals surface area contributed by atoms with Crippen molar-refractivity contribution in [2.75, 3.05) is 5.32 Å².